The van der Waals surface area contributed by atoms with E-state index in [-0.39, 0.29) is 11.1 Å². The van der Waals surface area contributed by atoms with E-state index in [1.54, 1.807) is 24.3 Å². The van der Waals surface area contributed by atoms with Crippen LogP contribution in [0.4, 0.5) is 11.4 Å². The van der Waals surface area contributed by atoms with Crippen LogP contribution in [0.2, 0.25) is 5.02 Å². The van der Waals surface area contributed by atoms with Gasteiger partial charge >= 0.3 is 0 Å². The molecule has 0 spiro atoms. The van der Waals surface area contributed by atoms with E-state index >= 15 is 0 Å². The molecule has 0 atom stereocenters. The maximum Gasteiger partial charge on any atom is 0.257 e. The molecule has 0 unspecified atom stereocenters. The molecule has 2 aromatic rings. The van der Waals surface area contributed by atoms with Gasteiger partial charge in [-0.3, -0.25) is 9.59 Å². The number of nitrogens with one attached hydrogen (secondary N) is 1. The summed E-state index contributed by atoms with van der Waals surface area (Å²) in [6, 6.07) is 11.0. The average molecular weight is 290 g/mol. The van der Waals surface area contributed by atoms with Crippen molar-refractivity contribution in [3.05, 3.63) is 58.6 Å². The highest BCUT2D eigenvalue weighted by Gasteiger charge is 2.14. The van der Waals surface area contributed by atoms with Crippen LogP contribution in [0, 0.1) is 0 Å². The fraction of sp³-hybridized carbons (Fsp3) is 0. The molecule has 102 valence electrons. The molecule has 5 N–H and O–H groups in total. The van der Waals surface area contributed by atoms with Crippen molar-refractivity contribution in [1.82, 2.24) is 0 Å². The number of anilines is 2. The smallest absolute Gasteiger partial charge is 0.257 e. The molecule has 0 saturated carbocycles. The van der Waals surface area contributed by atoms with Gasteiger partial charge in [0.15, 0.2) is 0 Å². The van der Waals surface area contributed by atoms with Crippen LogP contribution < -0.4 is 16.8 Å². The van der Waals surface area contributed by atoms with Gasteiger partial charge in [-0.2, -0.15) is 0 Å². The van der Waals surface area contributed by atoms with E-state index in [0.29, 0.717) is 16.4 Å². The number of halogens is 1. The number of hydrogen-bond donors (Lipinski definition) is 3. The first kappa shape index (κ1) is 13.9. The maximum atomic E-state index is 12.2. The topological polar surface area (TPSA) is 98.2 Å². The Labute approximate surface area is 120 Å². The predicted octanol–water partition coefficient (Wildman–Crippen LogP) is 2.27. The maximum absolute atomic E-state index is 12.2. The normalized spacial score (nSPS) is 10.1. The lowest BCUT2D eigenvalue weighted by Crippen LogP contribution is -2.19. The highest BCUT2D eigenvalue weighted by Crippen LogP contribution is 2.21. The Balaban J connectivity index is 2.33. The minimum Gasteiger partial charge on any atom is -0.398 e. The first-order valence-electron chi connectivity index (χ1n) is 5.74. The molecule has 0 saturated heterocycles. The number of nitrogen functional groups attached to an aromatic ring is 1. The number of nitrogens with two attached hydrogens (primary N) is 2. The molecule has 0 fully saturated rings. The van der Waals surface area contributed by atoms with E-state index in [0.717, 1.165) is 0 Å². The molecule has 0 heterocycles. The van der Waals surface area contributed by atoms with Crippen molar-refractivity contribution in [2.75, 3.05) is 11.1 Å². The SMILES string of the molecule is NC(=O)c1ccccc1NC(=O)c1cc(Cl)ccc1N. The summed E-state index contributed by atoms with van der Waals surface area (Å²) in [6.45, 7) is 0. The van der Waals surface area contributed by atoms with Crippen LogP contribution in [0.15, 0.2) is 42.5 Å². The Hall–Kier alpha value is -2.53. The summed E-state index contributed by atoms with van der Waals surface area (Å²) in [6.07, 6.45) is 0. The van der Waals surface area contributed by atoms with Gasteiger partial charge in [0.25, 0.3) is 11.8 Å². The van der Waals surface area contributed by atoms with Gasteiger partial charge in [0.05, 0.1) is 16.8 Å². The molecule has 0 radical (unpaired) electrons. The van der Waals surface area contributed by atoms with Crippen LogP contribution in [-0.4, -0.2) is 11.8 Å². The van der Waals surface area contributed by atoms with E-state index in [4.69, 9.17) is 23.1 Å². The second-order valence-corrected chi connectivity index (χ2v) is 4.53. The highest BCUT2D eigenvalue weighted by atomic mass is 35.5. The third kappa shape index (κ3) is 2.89. The van der Waals surface area contributed by atoms with Crippen molar-refractivity contribution < 1.29 is 9.59 Å². The van der Waals surface area contributed by atoms with Gasteiger partial charge in [0.1, 0.15) is 0 Å². The number of hydrogen-bond acceptors (Lipinski definition) is 3. The van der Waals surface area contributed by atoms with Gasteiger partial charge in [-0.15, -0.1) is 0 Å². The van der Waals surface area contributed by atoms with Gasteiger partial charge in [0.2, 0.25) is 0 Å². The number of rotatable bonds is 3. The first-order chi connectivity index (χ1) is 9.49. The zero-order valence-electron chi connectivity index (χ0n) is 10.4. The first-order valence-corrected chi connectivity index (χ1v) is 6.12. The van der Waals surface area contributed by atoms with E-state index in [9.17, 15) is 9.59 Å². The van der Waals surface area contributed by atoms with E-state index in [1.807, 2.05) is 0 Å². The summed E-state index contributed by atoms with van der Waals surface area (Å²) in [5.41, 5.74) is 12.1. The van der Waals surface area contributed by atoms with Gasteiger partial charge < -0.3 is 16.8 Å². The van der Waals surface area contributed by atoms with Crippen LogP contribution >= 0.6 is 11.6 Å². The summed E-state index contributed by atoms with van der Waals surface area (Å²) in [5, 5.41) is 2.99. The lowest BCUT2D eigenvalue weighted by molar-refractivity contribution is 0.100. The Morgan fingerprint density at radius 3 is 2.45 bits per heavy atom. The van der Waals surface area contributed by atoms with Crippen molar-refractivity contribution in [2.24, 2.45) is 5.73 Å². The summed E-state index contributed by atoms with van der Waals surface area (Å²) < 4.78 is 0. The molecule has 2 aromatic carbocycles. The molecule has 0 aliphatic carbocycles. The fourth-order valence-corrected chi connectivity index (χ4v) is 1.89. The summed E-state index contributed by atoms with van der Waals surface area (Å²) in [7, 11) is 0. The zero-order chi connectivity index (χ0) is 14.7. The third-order valence-corrected chi connectivity index (χ3v) is 2.94. The number of primary amides is 1. The summed E-state index contributed by atoms with van der Waals surface area (Å²) in [4.78, 5) is 23.4. The van der Waals surface area contributed by atoms with E-state index in [2.05, 4.69) is 5.32 Å². The average Bonchev–Trinajstić information content (AvgIpc) is 2.41. The molecule has 6 heteroatoms. The molecule has 0 aromatic heterocycles. The van der Waals surface area contributed by atoms with Crippen LogP contribution in [0.25, 0.3) is 0 Å². The molecule has 0 aliphatic rings. The summed E-state index contributed by atoms with van der Waals surface area (Å²) in [5.74, 6) is -1.08. The molecular weight excluding hydrogens is 278 g/mol. The minimum atomic E-state index is -0.625. The second kappa shape index (κ2) is 5.63. The van der Waals surface area contributed by atoms with Gasteiger partial charge in [-0.25, -0.2) is 0 Å². The lowest BCUT2D eigenvalue weighted by atomic mass is 10.1. The van der Waals surface area contributed by atoms with Crippen molar-refractivity contribution in [1.29, 1.82) is 0 Å². The molecule has 20 heavy (non-hydrogen) atoms. The van der Waals surface area contributed by atoms with E-state index < -0.39 is 11.8 Å². The van der Waals surface area contributed by atoms with Crippen LogP contribution in [0.5, 0.6) is 0 Å². The summed E-state index contributed by atoms with van der Waals surface area (Å²) >= 11 is 5.84. The van der Waals surface area contributed by atoms with Crippen LogP contribution in [-0.2, 0) is 0 Å². The van der Waals surface area contributed by atoms with Crippen LogP contribution in [0.1, 0.15) is 20.7 Å². The Bertz CT molecular complexity index is 686. The zero-order valence-corrected chi connectivity index (χ0v) is 11.1. The van der Waals surface area contributed by atoms with Gasteiger partial charge in [0, 0.05) is 10.7 Å². The third-order valence-electron chi connectivity index (χ3n) is 2.70. The second-order valence-electron chi connectivity index (χ2n) is 4.10. The number of carbonyl (C=O) groups is 2. The van der Waals surface area contributed by atoms with Crippen molar-refractivity contribution in [3.8, 4) is 0 Å². The number of benzene rings is 2. The van der Waals surface area contributed by atoms with Crippen molar-refractivity contribution in [3.63, 3.8) is 0 Å². The minimum absolute atomic E-state index is 0.224. The molecule has 0 aliphatic heterocycles. The fourth-order valence-electron chi connectivity index (χ4n) is 1.72. The molecule has 2 rings (SSSR count). The quantitative estimate of drug-likeness (QED) is 0.756. The monoisotopic (exact) mass is 289 g/mol. The largest absolute Gasteiger partial charge is 0.398 e. The van der Waals surface area contributed by atoms with Crippen molar-refractivity contribution >= 4 is 34.8 Å². The van der Waals surface area contributed by atoms with Crippen LogP contribution in [0.3, 0.4) is 0 Å². The molecule has 5 nitrogen and oxygen atoms in total. The van der Waals surface area contributed by atoms with Crippen molar-refractivity contribution in [2.45, 2.75) is 0 Å². The number of carbonyl (C=O) groups excluding carboxylic acids is 2. The Kier molecular flexibility index (Phi) is 3.91. The molecular formula is C14H12ClN3O2. The molecule has 2 amide bonds. The standard InChI is InChI=1S/C14H12ClN3O2/c15-8-5-6-11(16)10(7-8)14(20)18-12-4-2-1-3-9(12)13(17)19/h1-7H,16H2,(H2,17,19)(H,18,20). The Morgan fingerprint density at radius 1 is 1.05 bits per heavy atom. The molecule has 0 bridgehead atoms. The Morgan fingerprint density at radius 2 is 1.75 bits per heavy atom. The predicted molar refractivity (Wildman–Crippen MR) is 78.8 cm³/mol. The number of para-hydroxylation sites is 1. The van der Waals surface area contributed by atoms with Gasteiger partial charge in [-0.1, -0.05) is 23.7 Å². The lowest BCUT2D eigenvalue weighted by Gasteiger charge is -2.10. The number of amides is 2. The van der Waals surface area contributed by atoms with E-state index in [1.165, 1.54) is 18.2 Å². The van der Waals surface area contributed by atoms with Gasteiger partial charge in [-0.05, 0) is 30.3 Å². The highest BCUT2D eigenvalue weighted by molar-refractivity contribution is 6.31.